The van der Waals surface area contributed by atoms with Crippen molar-refractivity contribution in [3.63, 3.8) is 0 Å². The third-order valence-corrected chi connectivity index (χ3v) is 4.49. The zero-order valence-corrected chi connectivity index (χ0v) is 12.3. The molecule has 3 nitrogen and oxygen atoms in total. The Kier molecular flexibility index (Phi) is 4.32. The van der Waals surface area contributed by atoms with Gasteiger partial charge in [-0.2, -0.15) is 0 Å². The van der Waals surface area contributed by atoms with Gasteiger partial charge >= 0.3 is 0 Å². The normalized spacial score (nSPS) is 10.4. The summed E-state index contributed by atoms with van der Waals surface area (Å²) in [5.74, 6) is 1.21. The second kappa shape index (κ2) is 5.78. The Labute approximate surface area is 120 Å². The summed E-state index contributed by atoms with van der Waals surface area (Å²) in [5.41, 5.74) is 1.02. The summed E-state index contributed by atoms with van der Waals surface area (Å²) >= 11 is 13.3. The predicted molar refractivity (Wildman–Crippen MR) is 77.7 cm³/mol. The number of hydrogen-bond donors (Lipinski definition) is 0. The van der Waals surface area contributed by atoms with E-state index in [4.69, 9.17) is 27.9 Å². The summed E-state index contributed by atoms with van der Waals surface area (Å²) in [6.45, 7) is 0. The fourth-order valence-corrected chi connectivity index (χ4v) is 2.92. The molecule has 0 fully saturated rings. The molecule has 1 aromatic carbocycles. The number of thiazole rings is 1. The van der Waals surface area contributed by atoms with E-state index in [-0.39, 0.29) is 0 Å². The maximum atomic E-state index is 5.99. The van der Waals surface area contributed by atoms with Gasteiger partial charge in [0.25, 0.3) is 0 Å². The van der Waals surface area contributed by atoms with E-state index in [1.165, 1.54) is 11.3 Å². The Balaban J connectivity index is 2.25. The minimum Gasteiger partial charge on any atom is -0.497 e. The van der Waals surface area contributed by atoms with Crippen LogP contribution < -0.4 is 9.64 Å². The van der Waals surface area contributed by atoms with E-state index in [0.717, 1.165) is 21.4 Å². The number of benzene rings is 1. The van der Waals surface area contributed by atoms with Crippen molar-refractivity contribution in [2.75, 3.05) is 19.1 Å². The zero-order chi connectivity index (χ0) is 13.1. The van der Waals surface area contributed by atoms with Crippen LogP contribution in [0.2, 0.25) is 5.15 Å². The van der Waals surface area contributed by atoms with Crippen LogP contribution >= 0.6 is 34.5 Å². The standard InChI is InChI=1S/C12H12Cl2N2OS/c1-16(8-3-5-9(17-2)6-4-8)12-15-11(14)10(7-13)18-12/h3-6H,7H2,1-2H3. The van der Waals surface area contributed by atoms with Crippen molar-refractivity contribution in [1.82, 2.24) is 4.98 Å². The first kappa shape index (κ1) is 13.5. The Morgan fingerprint density at radius 3 is 2.50 bits per heavy atom. The van der Waals surface area contributed by atoms with Gasteiger partial charge in [0.1, 0.15) is 10.9 Å². The van der Waals surface area contributed by atoms with Crippen molar-refractivity contribution >= 4 is 45.4 Å². The van der Waals surface area contributed by atoms with Gasteiger partial charge in [-0.15, -0.1) is 11.6 Å². The fourth-order valence-electron chi connectivity index (χ4n) is 1.46. The minimum atomic E-state index is 0.382. The molecule has 96 valence electrons. The Morgan fingerprint density at radius 2 is 2.00 bits per heavy atom. The van der Waals surface area contributed by atoms with Crippen LogP contribution in [0.5, 0.6) is 5.75 Å². The number of ether oxygens (including phenoxy) is 1. The van der Waals surface area contributed by atoms with Gasteiger partial charge < -0.3 is 9.64 Å². The average Bonchev–Trinajstić information content (AvgIpc) is 2.79. The molecule has 2 rings (SSSR count). The summed E-state index contributed by atoms with van der Waals surface area (Å²) in [6, 6.07) is 7.75. The maximum absolute atomic E-state index is 5.99. The molecule has 0 radical (unpaired) electrons. The highest BCUT2D eigenvalue weighted by Crippen LogP contribution is 2.34. The maximum Gasteiger partial charge on any atom is 0.191 e. The molecule has 0 amide bonds. The second-order valence-electron chi connectivity index (χ2n) is 3.60. The van der Waals surface area contributed by atoms with E-state index in [9.17, 15) is 0 Å². The van der Waals surface area contributed by atoms with E-state index < -0.39 is 0 Å². The molecule has 1 heterocycles. The molecule has 0 saturated carbocycles. The first-order chi connectivity index (χ1) is 8.65. The number of halogens is 2. The van der Waals surface area contributed by atoms with Crippen LogP contribution in [0.1, 0.15) is 4.88 Å². The van der Waals surface area contributed by atoms with Gasteiger partial charge in [0, 0.05) is 12.7 Å². The van der Waals surface area contributed by atoms with E-state index in [2.05, 4.69) is 4.98 Å². The first-order valence-electron chi connectivity index (χ1n) is 5.24. The lowest BCUT2D eigenvalue weighted by Crippen LogP contribution is -2.08. The molecule has 6 heteroatoms. The van der Waals surface area contributed by atoms with E-state index in [1.54, 1.807) is 7.11 Å². The van der Waals surface area contributed by atoms with E-state index in [1.807, 2.05) is 36.2 Å². The van der Waals surface area contributed by atoms with Crippen molar-refractivity contribution < 1.29 is 4.74 Å². The lowest BCUT2D eigenvalue weighted by atomic mass is 10.3. The number of aromatic nitrogens is 1. The molecule has 0 spiro atoms. The number of nitrogens with zero attached hydrogens (tertiary/aromatic N) is 2. The molecule has 2 aromatic rings. The summed E-state index contributed by atoms with van der Waals surface area (Å²) in [4.78, 5) is 7.14. The van der Waals surface area contributed by atoms with Crippen LogP contribution in [0, 0.1) is 0 Å². The molecule has 0 saturated heterocycles. The van der Waals surface area contributed by atoms with E-state index in [0.29, 0.717) is 11.0 Å². The molecule has 0 atom stereocenters. The van der Waals surface area contributed by atoms with Gasteiger partial charge in [-0.3, -0.25) is 0 Å². The lowest BCUT2D eigenvalue weighted by Gasteiger charge is -2.15. The highest BCUT2D eigenvalue weighted by Gasteiger charge is 2.13. The largest absolute Gasteiger partial charge is 0.497 e. The van der Waals surface area contributed by atoms with Crippen molar-refractivity contribution in [1.29, 1.82) is 0 Å². The Morgan fingerprint density at radius 1 is 1.33 bits per heavy atom. The number of anilines is 2. The SMILES string of the molecule is COc1ccc(N(C)c2nc(Cl)c(CCl)s2)cc1. The molecular weight excluding hydrogens is 291 g/mol. The first-order valence-corrected chi connectivity index (χ1v) is 6.97. The van der Waals surface area contributed by atoms with Crippen LogP contribution in [0.4, 0.5) is 10.8 Å². The van der Waals surface area contributed by atoms with Gasteiger partial charge in [-0.25, -0.2) is 4.98 Å². The number of rotatable bonds is 4. The minimum absolute atomic E-state index is 0.382. The fraction of sp³-hybridized carbons (Fsp3) is 0.250. The molecule has 0 bridgehead atoms. The van der Waals surface area contributed by atoms with Crippen LogP contribution in [-0.4, -0.2) is 19.1 Å². The second-order valence-corrected chi connectivity index (χ2v) is 5.29. The average molecular weight is 303 g/mol. The quantitative estimate of drug-likeness (QED) is 0.787. The molecule has 18 heavy (non-hydrogen) atoms. The molecule has 0 N–H and O–H groups in total. The third kappa shape index (κ3) is 2.71. The highest BCUT2D eigenvalue weighted by atomic mass is 35.5. The van der Waals surface area contributed by atoms with Crippen molar-refractivity contribution in [3.8, 4) is 5.75 Å². The molecule has 0 aliphatic rings. The van der Waals surface area contributed by atoms with Crippen LogP contribution in [-0.2, 0) is 5.88 Å². The van der Waals surface area contributed by atoms with Crippen molar-refractivity contribution in [3.05, 3.63) is 34.3 Å². The van der Waals surface area contributed by atoms with Crippen molar-refractivity contribution in [2.45, 2.75) is 5.88 Å². The van der Waals surface area contributed by atoms with Crippen LogP contribution in [0.25, 0.3) is 0 Å². The molecular formula is C12H12Cl2N2OS. The number of alkyl halides is 1. The smallest absolute Gasteiger partial charge is 0.191 e. The monoisotopic (exact) mass is 302 g/mol. The summed E-state index contributed by atoms with van der Waals surface area (Å²) < 4.78 is 5.13. The lowest BCUT2D eigenvalue weighted by molar-refractivity contribution is 0.415. The Bertz CT molecular complexity index is 527. The van der Waals surface area contributed by atoms with Crippen LogP contribution in [0.3, 0.4) is 0 Å². The third-order valence-electron chi connectivity index (χ3n) is 2.51. The van der Waals surface area contributed by atoms with Gasteiger partial charge in [0.15, 0.2) is 5.13 Å². The zero-order valence-electron chi connectivity index (χ0n) is 9.98. The molecule has 1 aromatic heterocycles. The van der Waals surface area contributed by atoms with Gasteiger partial charge in [-0.05, 0) is 24.3 Å². The number of hydrogen-bond acceptors (Lipinski definition) is 4. The van der Waals surface area contributed by atoms with Gasteiger partial charge in [0.05, 0.1) is 17.9 Å². The van der Waals surface area contributed by atoms with Gasteiger partial charge in [0.2, 0.25) is 0 Å². The summed E-state index contributed by atoms with van der Waals surface area (Å²) in [7, 11) is 3.58. The van der Waals surface area contributed by atoms with Gasteiger partial charge in [-0.1, -0.05) is 22.9 Å². The molecule has 0 aliphatic carbocycles. The predicted octanol–water partition coefficient (Wildman–Crippen LogP) is 4.31. The molecule has 0 aliphatic heterocycles. The summed E-state index contributed by atoms with van der Waals surface area (Å²) in [5, 5.41) is 1.30. The number of methoxy groups -OCH3 is 1. The summed E-state index contributed by atoms with van der Waals surface area (Å²) in [6.07, 6.45) is 0. The Hall–Kier alpha value is -0.970. The molecule has 0 unspecified atom stereocenters. The topological polar surface area (TPSA) is 25.4 Å². The van der Waals surface area contributed by atoms with E-state index >= 15 is 0 Å². The van der Waals surface area contributed by atoms with Crippen LogP contribution in [0.15, 0.2) is 24.3 Å². The van der Waals surface area contributed by atoms with Crippen molar-refractivity contribution in [2.24, 2.45) is 0 Å². The highest BCUT2D eigenvalue weighted by molar-refractivity contribution is 7.16.